The smallest absolute Gasteiger partial charge is 0.271 e. The minimum absolute atomic E-state index is 0.123. The van der Waals surface area contributed by atoms with E-state index in [1.165, 1.54) is 19.2 Å². The van der Waals surface area contributed by atoms with Crippen LogP contribution < -0.4 is 10.7 Å². The maximum atomic E-state index is 12.0. The Morgan fingerprint density at radius 1 is 1.14 bits per heavy atom. The first kappa shape index (κ1) is 15.2. The molecule has 2 aromatic carbocycles. The van der Waals surface area contributed by atoms with Gasteiger partial charge in [0.1, 0.15) is 5.75 Å². The highest BCUT2D eigenvalue weighted by Crippen LogP contribution is 2.11. The molecular formula is C16H15N3O3. The molecule has 112 valence electrons. The lowest BCUT2D eigenvalue weighted by atomic mass is 10.2. The Labute approximate surface area is 127 Å². The number of rotatable bonds is 4. The van der Waals surface area contributed by atoms with Gasteiger partial charge < -0.3 is 10.4 Å². The molecular weight excluding hydrogens is 282 g/mol. The van der Waals surface area contributed by atoms with Gasteiger partial charge in [-0.05, 0) is 35.9 Å². The molecule has 0 aliphatic carbocycles. The van der Waals surface area contributed by atoms with Gasteiger partial charge in [-0.1, -0.05) is 18.2 Å². The van der Waals surface area contributed by atoms with Gasteiger partial charge in [-0.2, -0.15) is 5.10 Å². The SMILES string of the molecule is CC(=O)Nc1cccc(C(=O)N/N=C\c2cccc(O)c2)c1. The summed E-state index contributed by atoms with van der Waals surface area (Å²) >= 11 is 0. The Hall–Kier alpha value is -3.15. The molecule has 3 N–H and O–H groups in total. The van der Waals surface area contributed by atoms with Crippen LogP contribution in [0, 0.1) is 0 Å². The lowest BCUT2D eigenvalue weighted by Gasteiger charge is -2.04. The Morgan fingerprint density at radius 2 is 1.91 bits per heavy atom. The van der Waals surface area contributed by atoms with E-state index >= 15 is 0 Å². The topological polar surface area (TPSA) is 90.8 Å². The average Bonchev–Trinajstić information content (AvgIpc) is 2.47. The highest BCUT2D eigenvalue weighted by Gasteiger charge is 2.05. The van der Waals surface area contributed by atoms with Gasteiger partial charge in [0.05, 0.1) is 6.21 Å². The average molecular weight is 297 g/mol. The summed E-state index contributed by atoms with van der Waals surface area (Å²) in [5, 5.41) is 15.7. The number of anilines is 1. The molecule has 6 nitrogen and oxygen atoms in total. The molecule has 0 aliphatic rings. The van der Waals surface area contributed by atoms with Crippen LogP contribution in [-0.4, -0.2) is 23.1 Å². The van der Waals surface area contributed by atoms with Crippen LogP contribution in [0.3, 0.4) is 0 Å². The second-order valence-corrected chi connectivity index (χ2v) is 4.56. The van der Waals surface area contributed by atoms with Crippen molar-refractivity contribution in [1.29, 1.82) is 0 Å². The van der Waals surface area contributed by atoms with Crippen LogP contribution in [-0.2, 0) is 4.79 Å². The van der Waals surface area contributed by atoms with Crippen molar-refractivity contribution in [2.75, 3.05) is 5.32 Å². The van der Waals surface area contributed by atoms with Gasteiger partial charge in [-0.3, -0.25) is 9.59 Å². The Balaban J connectivity index is 2.01. The van der Waals surface area contributed by atoms with Crippen molar-refractivity contribution >= 4 is 23.7 Å². The highest BCUT2D eigenvalue weighted by molar-refractivity contribution is 5.97. The number of aromatic hydroxyl groups is 1. The summed E-state index contributed by atoms with van der Waals surface area (Å²) in [5.41, 5.74) is 3.96. The van der Waals surface area contributed by atoms with E-state index in [4.69, 9.17) is 0 Å². The third-order valence-electron chi connectivity index (χ3n) is 2.70. The Bertz CT molecular complexity index is 726. The van der Waals surface area contributed by atoms with Crippen LogP contribution in [0.5, 0.6) is 5.75 Å². The molecule has 0 aromatic heterocycles. The molecule has 2 aromatic rings. The molecule has 0 saturated carbocycles. The maximum absolute atomic E-state index is 12.0. The molecule has 0 radical (unpaired) electrons. The number of benzene rings is 2. The van der Waals surface area contributed by atoms with E-state index in [1.807, 2.05) is 0 Å². The van der Waals surface area contributed by atoms with E-state index < -0.39 is 5.91 Å². The van der Waals surface area contributed by atoms with Gasteiger partial charge in [0.2, 0.25) is 5.91 Å². The van der Waals surface area contributed by atoms with E-state index in [1.54, 1.807) is 42.5 Å². The van der Waals surface area contributed by atoms with Crippen molar-refractivity contribution in [3.05, 3.63) is 59.7 Å². The summed E-state index contributed by atoms with van der Waals surface area (Å²) in [6.07, 6.45) is 1.43. The number of nitrogens with zero attached hydrogens (tertiary/aromatic N) is 1. The molecule has 6 heteroatoms. The van der Waals surface area contributed by atoms with Gasteiger partial charge in [0.15, 0.2) is 0 Å². The Kier molecular flexibility index (Phi) is 4.87. The van der Waals surface area contributed by atoms with Crippen LogP contribution in [0.15, 0.2) is 53.6 Å². The zero-order chi connectivity index (χ0) is 15.9. The first-order valence-electron chi connectivity index (χ1n) is 6.55. The summed E-state index contributed by atoms with van der Waals surface area (Å²) < 4.78 is 0. The third kappa shape index (κ3) is 4.45. The fraction of sp³-hybridized carbons (Fsp3) is 0.0625. The lowest BCUT2D eigenvalue weighted by Crippen LogP contribution is -2.18. The van der Waals surface area contributed by atoms with E-state index in [0.29, 0.717) is 16.8 Å². The van der Waals surface area contributed by atoms with Gasteiger partial charge >= 0.3 is 0 Å². The molecule has 0 unspecified atom stereocenters. The summed E-state index contributed by atoms with van der Waals surface area (Å²) in [6.45, 7) is 1.40. The second kappa shape index (κ2) is 7.03. The quantitative estimate of drug-likeness (QED) is 0.596. The standard InChI is InChI=1S/C16H15N3O3/c1-11(20)18-14-6-3-5-13(9-14)16(22)19-17-10-12-4-2-7-15(21)8-12/h2-10,21H,1H3,(H,18,20)(H,19,22)/b17-10-. The molecule has 0 bridgehead atoms. The molecule has 0 atom stereocenters. The first-order chi connectivity index (χ1) is 10.5. The summed E-state index contributed by atoms with van der Waals surface area (Å²) in [4.78, 5) is 22.9. The zero-order valence-electron chi connectivity index (χ0n) is 11.9. The number of phenols is 1. The predicted octanol–water partition coefficient (Wildman–Crippen LogP) is 2.11. The Morgan fingerprint density at radius 3 is 2.64 bits per heavy atom. The molecule has 2 amide bonds. The van der Waals surface area contributed by atoms with Crippen molar-refractivity contribution in [3.63, 3.8) is 0 Å². The van der Waals surface area contributed by atoms with Crippen molar-refractivity contribution in [3.8, 4) is 5.75 Å². The molecule has 0 spiro atoms. The normalized spacial score (nSPS) is 10.4. The third-order valence-corrected chi connectivity index (χ3v) is 2.70. The molecule has 2 rings (SSSR count). The number of amides is 2. The highest BCUT2D eigenvalue weighted by atomic mass is 16.3. The summed E-state index contributed by atoms with van der Waals surface area (Å²) in [6, 6.07) is 13.0. The molecule has 0 saturated heterocycles. The van der Waals surface area contributed by atoms with E-state index in [0.717, 1.165) is 0 Å². The van der Waals surface area contributed by atoms with Crippen LogP contribution in [0.25, 0.3) is 0 Å². The predicted molar refractivity (Wildman–Crippen MR) is 83.9 cm³/mol. The van der Waals surface area contributed by atoms with E-state index in [-0.39, 0.29) is 11.7 Å². The number of hydrazone groups is 1. The molecule has 0 heterocycles. The van der Waals surface area contributed by atoms with Crippen LogP contribution >= 0.6 is 0 Å². The second-order valence-electron chi connectivity index (χ2n) is 4.56. The fourth-order valence-electron chi connectivity index (χ4n) is 1.78. The number of nitrogens with one attached hydrogen (secondary N) is 2. The number of hydrogen-bond acceptors (Lipinski definition) is 4. The maximum Gasteiger partial charge on any atom is 0.271 e. The molecule has 22 heavy (non-hydrogen) atoms. The first-order valence-corrected chi connectivity index (χ1v) is 6.55. The largest absolute Gasteiger partial charge is 0.508 e. The van der Waals surface area contributed by atoms with Crippen molar-refractivity contribution in [2.24, 2.45) is 5.10 Å². The van der Waals surface area contributed by atoms with Gasteiger partial charge in [0, 0.05) is 18.2 Å². The zero-order valence-corrected chi connectivity index (χ0v) is 11.9. The number of phenolic OH excluding ortho intramolecular Hbond substituents is 1. The lowest BCUT2D eigenvalue weighted by molar-refractivity contribution is -0.114. The number of carbonyl (C=O) groups is 2. The fourth-order valence-corrected chi connectivity index (χ4v) is 1.78. The van der Waals surface area contributed by atoms with Crippen LogP contribution in [0.1, 0.15) is 22.8 Å². The van der Waals surface area contributed by atoms with Gasteiger partial charge in [-0.25, -0.2) is 5.43 Å². The summed E-state index contributed by atoms with van der Waals surface area (Å²) in [7, 11) is 0. The van der Waals surface area contributed by atoms with Crippen LogP contribution in [0.4, 0.5) is 5.69 Å². The monoisotopic (exact) mass is 297 g/mol. The molecule has 0 fully saturated rings. The minimum atomic E-state index is -0.399. The van der Waals surface area contributed by atoms with Crippen molar-refractivity contribution in [1.82, 2.24) is 5.43 Å². The summed E-state index contributed by atoms with van der Waals surface area (Å²) in [5.74, 6) is -0.485. The van der Waals surface area contributed by atoms with Gasteiger partial charge in [0.25, 0.3) is 5.91 Å². The number of carbonyl (C=O) groups excluding carboxylic acids is 2. The van der Waals surface area contributed by atoms with Crippen molar-refractivity contribution < 1.29 is 14.7 Å². The van der Waals surface area contributed by atoms with E-state index in [2.05, 4.69) is 15.8 Å². The van der Waals surface area contributed by atoms with Gasteiger partial charge in [-0.15, -0.1) is 0 Å². The number of hydrogen-bond donors (Lipinski definition) is 3. The molecule has 0 aliphatic heterocycles. The van der Waals surface area contributed by atoms with Crippen molar-refractivity contribution in [2.45, 2.75) is 6.92 Å². The van der Waals surface area contributed by atoms with Crippen LogP contribution in [0.2, 0.25) is 0 Å². The van der Waals surface area contributed by atoms with E-state index in [9.17, 15) is 14.7 Å². The minimum Gasteiger partial charge on any atom is -0.508 e.